The molecule has 0 saturated heterocycles. The van der Waals surface area contributed by atoms with Crippen LogP contribution < -0.4 is 4.83 Å². The lowest BCUT2D eigenvalue weighted by Gasteiger charge is -2.03. The van der Waals surface area contributed by atoms with Crippen LogP contribution >= 0.6 is 0 Å². The van der Waals surface area contributed by atoms with E-state index in [0.717, 1.165) is 22.3 Å². The van der Waals surface area contributed by atoms with Gasteiger partial charge >= 0.3 is 0 Å². The van der Waals surface area contributed by atoms with Gasteiger partial charge in [-0.3, -0.25) is 0 Å². The van der Waals surface area contributed by atoms with Crippen molar-refractivity contribution in [2.75, 3.05) is 0 Å². The molecule has 0 atom stereocenters. The normalized spacial score (nSPS) is 11.9. The van der Waals surface area contributed by atoms with Gasteiger partial charge in [0.1, 0.15) is 0 Å². The summed E-state index contributed by atoms with van der Waals surface area (Å²) in [5.41, 5.74) is 3.99. The fraction of sp³-hybridized carbons (Fsp3) is 0.0455. The average molecular weight is 376 g/mol. The molecule has 0 aliphatic heterocycles. The molecule has 0 bridgehead atoms. The van der Waals surface area contributed by atoms with Crippen LogP contribution in [0.25, 0.3) is 12.2 Å². The minimum atomic E-state index is -3.65. The molecule has 0 spiro atoms. The molecule has 3 rings (SSSR count). The summed E-state index contributed by atoms with van der Waals surface area (Å²) in [4.78, 5) is 2.42. The van der Waals surface area contributed by atoms with Crippen LogP contribution in [0, 0.1) is 6.92 Å². The Balaban J connectivity index is 1.62. The summed E-state index contributed by atoms with van der Waals surface area (Å²) in [7, 11) is -3.65. The van der Waals surface area contributed by atoms with E-state index in [2.05, 4.69) is 9.93 Å². The van der Waals surface area contributed by atoms with Crippen LogP contribution in [0.5, 0.6) is 0 Å². The fourth-order valence-corrected chi connectivity index (χ4v) is 3.18. The van der Waals surface area contributed by atoms with Gasteiger partial charge in [0.15, 0.2) is 0 Å². The summed E-state index contributed by atoms with van der Waals surface area (Å²) < 4.78 is 24.3. The number of sulfonamides is 1. The van der Waals surface area contributed by atoms with Crippen molar-refractivity contribution < 1.29 is 8.42 Å². The largest absolute Gasteiger partial charge is 0.276 e. The van der Waals surface area contributed by atoms with Crippen LogP contribution in [-0.2, 0) is 10.0 Å². The first-order valence-electron chi connectivity index (χ1n) is 8.48. The second-order valence-corrected chi connectivity index (χ2v) is 7.74. The highest BCUT2D eigenvalue weighted by Gasteiger charge is 2.11. The molecule has 0 unspecified atom stereocenters. The zero-order chi connectivity index (χ0) is 19.1. The van der Waals surface area contributed by atoms with Crippen LogP contribution in [0.15, 0.2) is 88.9 Å². The Morgan fingerprint density at radius 3 is 1.93 bits per heavy atom. The van der Waals surface area contributed by atoms with Gasteiger partial charge in [0.05, 0.1) is 11.1 Å². The van der Waals surface area contributed by atoms with Gasteiger partial charge in [-0.15, -0.1) is 0 Å². The lowest BCUT2D eigenvalue weighted by molar-refractivity contribution is 0.584. The van der Waals surface area contributed by atoms with Gasteiger partial charge in [-0.25, -0.2) is 4.83 Å². The van der Waals surface area contributed by atoms with E-state index in [-0.39, 0.29) is 4.90 Å². The van der Waals surface area contributed by atoms with Gasteiger partial charge in [-0.05, 0) is 35.7 Å². The number of nitrogens with one attached hydrogen (secondary N) is 1. The van der Waals surface area contributed by atoms with Crippen molar-refractivity contribution in [3.05, 3.63) is 101 Å². The van der Waals surface area contributed by atoms with Crippen molar-refractivity contribution in [1.29, 1.82) is 0 Å². The predicted molar refractivity (Wildman–Crippen MR) is 111 cm³/mol. The van der Waals surface area contributed by atoms with Crippen LogP contribution in [0.2, 0.25) is 0 Å². The second-order valence-electron chi connectivity index (χ2n) is 6.08. The molecule has 1 N–H and O–H groups in total. The predicted octanol–water partition coefficient (Wildman–Crippen LogP) is 4.48. The topological polar surface area (TPSA) is 58.5 Å². The molecule has 0 saturated carbocycles. The van der Waals surface area contributed by atoms with Crippen molar-refractivity contribution in [3.8, 4) is 0 Å². The van der Waals surface area contributed by atoms with Gasteiger partial charge in [-0.1, -0.05) is 84.4 Å². The molecule has 0 fully saturated rings. The number of rotatable bonds is 6. The van der Waals surface area contributed by atoms with E-state index in [4.69, 9.17) is 0 Å². The molecule has 0 aliphatic carbocycles. The Labute approximate surface area is 159 Å². The Bertz CT molecular complexity index is 1040. The molecule has 0 aromatic heterocycles. The Hall–Kier alpha value is -3.18. The number of aryl methyl sites for hydroxylation is 1. The van der Waals surface area contributed by atoms with Crippen LogP contribution in [-0.4, -0.2) is 14.6 Å². The van der Waals surface area contributed by atoms with E-state index in [1.165, 1.54) is 6.21 Å². The Morgan fingerprint density at radius 2 is 1.30 bits per heavy atom. The molecule has 0 aliphatic rings. The Kier molecular flexibility index (Phi) is 5.84. The second kappa shape index (κ2) is 8.47. The van der Waals surface area contributed by atoms with Crippen molar-refractivity contribution in [2.45, 2.75) is 11.8 Å². The number of nitrogens with zero attached hydrogens (tertiary/aromatic N) is 1. The highest BCUT2D eigenvalue weighted by atomic mass is 32.2. The van der Waals surface area contributed by atoms with Crippen molar-refractivity contribution in [1.82, 2.24) is 4.83 Å². The molecule has 27 heavy (non-hydrogen) atoms. The molecule has 0 radical (unpaired) electrons. The van der Waals surface area contributed by atoms with Gasteiger partial charge in [-0.2, -0.15) is 13.5 Å². The third kappa shape index (κ3) is 5.39. The molecule has 0 amide bonds. The van der Waals surface area contributed by atoms with Crippen molar-refractivity contribution in [3.63, 3.8) is 0 Å². The SMILES string of the molecule is Cc1ccc(S(=O)(=O)NN=Cc2ccc(/C=C/c3ccccc3)cc2)cc1. The molecular weight excluding hydrogens is 356 g/mol. The third-order valence-electron chi connectivity index (χ3n) is 3.92. The van der Waals surface area contributed by atoms with Gasteiger partial charge in [0.2, 0.25) is 0 Å². The number of hydrazone groups is 1. The number of hydrogen-bond donors (Lipinski definition) is 1. The monoisotopic (exact) mass is 376 g/mol. The summed E-state index contributed by atoms with van der Waals surface area (Å²) in [5.74, 6) is 0. The average Bonchev–Trinajstić information content (AvgIpc) is 2.68. The lowest BCUT2D eigenvalue weighted by atomic mass is 10.1. The van der Waals surface area contributed by atoms with Crippen LogP contribution in [0.3, 0.4) is 0 Å². The van der Waals surface area contributed by atoms with Gasteiger partial charge in [0, 0.05) is 0 Å². The molecule has 4 nitrogen and oxygen atoms in total. The fourth-order valence-electron chi connectivity index (χ4n) is 2.39. The minimum Gasteiger partial charge on any atom is -0.200 e. The zero-order valence-electron chi connectivity index (χ0n) is 14.9. The van der Waals surface area contributed by atoms with E-state index in [1.54, 1.807) is 24.3 Å². The molecular formula is C22H20N2O2S. The first kappa shape index (κ1) is 18.6. The maximum atomic E-state index is 12.2. The van der Waals surface area contributed by atoms with Gasteiger partial charge < -0.3 is 0 Å². The Morgan fingerprint density at radius 1 is 0.741 bits per heavy atom. The molecule has 0 heterocycles. The summed E-state index contributed by atoms with van der Waals surface area (Å²) >= 11 is 0. The maximum absolute atomic E-state index is 12.2. The van der Waals surface area contributed by atoms with E-state index in [1.807, 2.05) is 73.7 Å². The van der Waals surface area contributed by atoms with Crippen LogP contribution in [0.1, 0.15) is 22.3 Å². The van der Waals surface area contributed by atoms with Crippen molar-refractivity contribution in [2.24, 2.45) is 5.10 Å². The maximum Gasteiger partial charge on any atom is 0.276 e. The molecule has 136 valence electrons. The van der Waals surface area contributed by atoms with Crippen LogP contribution in [0.4, 0.5) is 0 Å². The summed E-state index contributed by atoms with van der Waals surface area (Å²) in [5, 5.41) is 3.85. The quantitative estimate of drug-likeness (QED) is 0.392. The standard InChI is InChI=1S/C22H20N2O2S/c1-18-7-15-22(16-8-18)27(25,26)24-23-17-21-13-11-20(12-14-21)10-9-19-5-3-2-4-6-19/h2-17,24H,1H3/b10-9+,23-17?. The van der Waals surface area contributed by atoms with Gasteiger partial charge in [0.25, 0.3) is 10.0 Å². The molecule has 3 aromatic carbocycles. The number of hydrogen-bond acceptors (Lipinski definition) is 3. The summed E-state index contributed by atoms with van der Waals surface area (Å²) in [6, 6.07) is 24.3. The number of benzene rings is 3. The first-order chi connectivity index (χ1) is 13.0. The van der Waals surface area contributed by atoms with E-state index < -0.39 is 10.0 Å². The highest BCUT2D eigenvalue weighted by molar-refractivity contribution is 7.89. The molecule has 3 aromatic rings. The van der Waals surface area contributed by atoms with E-state index in [9.17, 15) is 8.42 Å². The summed E-state index contributed by atoms with van der Waals surface area (Å²) in [6.45, 7) is 1.90. The smallest absolute Gasteiger partial charge is 0.200 e. The zero-order valence-corrected chi connectivity index (χ0v) is 15.7. The molecule has 5 heteroatoms. The summed E-state index contributed by atoms with van der Waals surface area (Å²) in [6.07, 6.45) is 5.55. The lowest BCUT2D eigenvalue weighted by Crippen LogP contribution is -2.18. The first-order valence-corrected chi connectivity index (χ1v) is 9.96. The third-order valence-corrected chi connectivity index (χ3v) is 5.16. The van der Waals surface area contributed by atoms with E-state index >= 15 is 0 Å². The minimum absolute atomic E-state index is 0.187. The van der Waals surface area contributed by atoms with Crippen molar-refractivity contribution >= 4 is 28.4 Å². The van der Waals surface area contributed by atoms with E-state index in [0.29, 0.717) is 0 Å². The highest BCUT2D eigenvalue weighted by Crippen LogP contribution is 2.11.